The predicted molar refractivity (Wildman–Crippen MR) is 79.8 cm³/mol. The Labute approximate surface area is 121 Å². The van der Waals surface area contributed by atoms with Crippen LogP contribution in [0.25, 0.3) is 0 Å². The molecule has 0 aliphatic carbocycles. The maximum Gasteiger partial charge on any atom is 0.0915 e. The average molecular weight is 321 g/mol. The smallest absolute Gasteiger partial charge is 0.0915 e. The van der Waals surface area contributed by atoms with Crippen molar-refractivity contribution in [3.05, 3.63) is 63.9 Å². The molecule has 1 atom stereocenters. The molecule has 0 bridgehead atoms. The first-order valence-corrected chi connectivity index (χ1v) is 7.00. The number of hydrogen-bond donors (Lipinski definition) is 2. The summed E-state index contributed by atoms with van der Waals surface area (Å²) in [6.07, 6.45) is 2.88. The number of benzene rings is 1. The van der Waals surface area contributed by atoms with E-state index in [-0.39, 0.29) is 0 Å². The van der Waals surface area contributed by atoms with Crippen LogP contribution < -0.4 is 5.32 Å². The molecule has 1 unspecified atom stereocenters. The molecular weight excluding hydrogens is 304 g/mol. The van der Waals surface area contributed by atoms with Crippen LogP contribution in [0.3, 0.4) is 0 Å². The molecule has 19 heavy (non-hydrogen) atoms. The first-order chi connectivity index (χ1) is 9.16. The van der Waals surface area contributed by atoms with Gasteiger partial charge in [0, 0.05) is 30.0 Å². The summed E-state index contributed by atoms with van der Waals surface area (Å²) in [6.45, 7) is 3.34. The Morgan fingerprint density at radius 2 is 2.00 bits per heavy atom. The van der Waals surface area contributed by atoms with E-state index in [9.17, 15) is 5.11 Å². The summed E-state index contributed by atoms with van der Waals surface area (Å²) in [5.74, 6) is 0. The third-order valence-corrected chi connectivity index (χ3v) is 3.87. The summed E-state index contributed by atoms with van der Waals surface area (Å²) in [7, 11) is 0. The van der Waals surface area contributed by atoms with Gasteiger partial charge in [0.2, 0.25) is 0 Å². The number of nitrogens with one attached hydrogen (secondary N) is 1. The SMILES string of the molecule is Cc1cc(CNCC(O)c2ccncc2)ccc1Br. The van der Waals surface area contributed by atoms with Gasteiger partial charge in [0.1, 0.15) is 0 Å². The second kappa shape index (κ2) is 6.80. The van der Waals surface area contributed by atoms with Crippen molar-refractivity contribution < 1.29 is 5.11 Å². The molecule has 0 saturated heterocycles. The van der Waals surface area contributed by atoms with Crippen LogP contribution in [0.1, 0.15) is 22.8 Å². The van der Waals surface area contributed by atoms with Crippen LogP contribution in [-0.4, -0.2) is 16.6 Å². The van der Waals surface area contributed by atoms with Gasteiger partial charge >= 0.3 is 0 Å². The summed E-state index contributed by atoms with van der Waals surface area (Å²) in [5, 5.41) is 13.3. The Kier molecular flexibility index (Phi) is 5.07. The van der Waals surface area contributed by atoms with Gasteiger partial charge in [-0.1, -0.05) is 28.1 Å². The van der Waals surface area contributed by atoms with E-state index in [2.05, 4.69) is 45.3 Å². The van der Waals surface area contributed by atoms with E-state index in [4.69, 9.17) is 0 Å². The van der Waals surface area contributed by atoms with Gasteiger partial charge in [-0.05, 0) is 41.8 Å². The highest BCUT2D eigenvalue weighted by Gasteiger charge is 2.06. The molecule has 3 nitrogen and oxygen atoms in total. The standard InChI is InChI=1S/C15H17BrN2O/c1-11-8-12(2-3-14(11)16)9-18-10-15(19)13-4-6-17-7-5-13/h2-8,15,18-19H,9-10H2,1H3. The monoisotopic (exact) mass is 320 g/mol. The first-order valence-electron chi connectivity index (χ1n) is 6.20. The lowest BCUT2D eigenvalue weighted by molar-refractivity contribution is 0.174. The Balaban J connectivity index is 1.85. The van der Waals surface area contributed by atoms with Crippen LogP contribution in [0, 0.1) is 6.92 Å². The lowest BCUT2D eigenvalue weighted by Gasteiger charge is -2.12. The minimum absolute atomic E-state index is 0.500. The van der Waals surface area contributed by atoms with Crippen molar-refractivity contribution in [2.24, 2.45) is 0 Å². The van der Waals surface area contributed by atoms with Crippen LogP contribution in [-0.2, 0) is 6.54 Å². The molecule has 100 valence electrons. The van der Waals surface area contributed by atoms with Crippen molar-refractivity contribution in [3.8, 4) is 0 Å². The molecule has 4 heteroatoms. The Morgan fingerprint density at radius 3 is 2.68 bits per heavy atom. The molecule has 1 aromatic heterocycles. The predicted octanol–water partition coefficient (Wildman–Crippen LogP) is 2.98. The highest BCUT2D eigenvalue weighted by atomic mass is 79.9. The quantitative estimate of drug-likeness (QED) is 0.890. The molecule has 0 spiro atoms. The van der Waals surface area contributed by atoms with Gasteiger partial charge in [0.15, 0.2) is 0 Å². The van der Waals surface area contributed by atoms with Crippen molar-refractivity contribution in [2.45, 2.75) is 19.6 Å². The van der Waals surface area contributed by atoms with Crippen LogP contribution in [0.2, 0.25) is 0 Å². The van der Waals surface area contributed by atoms with Gasteiger partial charge in [0.25, 0.3) is 0 Å². The Hall–Kier alpha value is -1.23. The van der Waals surface area contributed by atoms with Gasteiger partial charge in [0.05, 0.1) is 6.10 Å². The second-order valence-electron chi connectivity index (χ2n) is 4.51. The molecule has 0 aliphatic rings. The van der Waals surface area contributed by atoms with E-state index in [1.807, 2.05) is 18.2 Å². The third-order valence-electron chi connectivity index (χ3n) is 2.98. The molecule has 1 heterocycles. The van der Waals surface area contributed by atoms with E-state index in [1.54, 1.807) is 12.4 Å². The van der Waals surface area contributed by atoms with E-state index < -0.39 is 6.10 Å². The van der Waals surface area contributed by atoms with Crippen LogP contribution >= 0.6 is 15.9 Å². The number of hydrogen-bond acceptors (Lipinski definition) is 3. The summed E-state index contributed by atoms with van der Waals surface area (Å²) < 4.78 is 1.12. The molecule has 0 saturated carbocycles. The van der Waals surface area contributed by atoms with Gasteiger partial charge in [-0.3, -0.25) is 4.98 Å². The molecule has 1 aromatic carbocycles. The van der Waals surface area contributed by atoms with Crippen molar-refractivity contribution in [1.82, 2.24) is 10.3 Å². The fraction of sp³-hybridized carbons (Fsp3) is 0.267. The lowest BCUT2D eigenvalue weighted by Crippen LogP contribution is -2.21. The number of aromatic nitrogens is 1. The topological polar surface area (TPSA) is 45.1 Å². The lowest BCUT2D eigenvalue weighted by atomic mass is 10.1. The van der Waals surface area contributed by atoms with Gasteiger partial charge in [-0.2, -0.15) is 0 Å². The third kappa shape index (κ3) is 4.13. The number of aliphatic hydroxyl groups is 1. The first kappa shape index (κ1) is 14.2. The Morgan fingerprint density at radius 1 is 1.26 bits per heavy atom. The zero-order valence-corrected chi connectivity index (χ0v) is 12.4. The summed E-state index contributed by atoms with van der Waals surface area (Å²) >= 11 is 3.49. The highest BCUT2D eigenvalue weighted by molar-refractivity contribution is 9.10. The van der Waals surface area contributed by atoms with E-state index >= 15 is 0 Å². The van der Waals surface area contributed by atoms with Crippen LogP contribution in [0.15, 0.2) is 47.2 Å². The fourth-order valence-corrected chi connectivity index (χ4v) is 2.12. The van der Waals surface area contributed by atoms with Gasteiger partial charge in [-0.25, -0.2) is 0 Å². The van der Waals surface area contributed by atoms with Crippen molar-refractivity contribution in [1.29, 1.82) is 0 Å². The van der Waals surface area contributed by atoms with E-state index in [1.165, 1.54) is 11.1 Å². The minimum Gasteiger partial charge on any atom is -0.387 e. The zero-order valence-electron chi connectivity index (χ0n) is 10.8. The molecule has 0 amide bonds. The maximum absolute atomic E-state index is 10.00. The number of aliphatic hydroxyl groups excluding tert-OH is 1. The number of rotatable bonds is 5. The van der Waals surface area contributed by atoms with Crippen molar-refractivity contribution >= 4 is 15.9 Å². The van der Waals surface area contributed by atoms with Gasteiger partial charge < -0.3 is 10.4 Å². The fourth-order valence-electron chi connectivity index (χ4n) is 1.87. The number of halogens is 1. The number of aryl methyl sites for hydroxylation is 1. The van der Waals surface area contributed by atoms with E-state index in [0.29, 0.717) is 6.54 Å². The second-order valence-corrected chi connectivity index (χ2v) is 5.37. The zero-order chi connectivity index (χ0) is 13.7. The molecule has 0 fully saturated rings. The summed E-state index contributed by atoms with van der Waals surface area (Å²) in [5.41, 5.74) is 3.31. The molecule has 2 rings (SSSR count). The number of nitrogens with zero attached hydrogens (tertiary/aromatic N) is 1. The normalized spacial score (nSPS) is 12.4. The van der Waals surface area contributed by atoms with Gasteiger partial charge in [-0.15, -0.1) is 0 Å². The van der Waals surface area contributed by atoms with Crippen LogP contribution in [0.4, 0.5) is 0 Å². The highest BCUT2D eigenvalue weighted by Crippen LogP contribution is 2.17. The van der Waals surface area contributed by atoms with Crippen molar-refractivity contribution in [3.63, 3.8) is 0 Å². The number of pyridine rings is 1. The van der Waals surface area contributed by atoms with E-state index in [0.717, 1.165) is 16.6 Å². The van der Waals surface area contributed by atoms with Crippen LogP contribution in [0.5, 0.6) is 0 Å². The molecule has 0 aliphatic heterocycles. The van der Waals surface area contributed by atoms with Crippen molar-refractivity contribution in [2.75, 3.05) is 6.54 Å². The average Bonchev–Trinajstić information content (AvgIpc) is 2.43. The molecule has 2 N–H and O–H groups in total. The largest absolute Gasteiger partial charge is 0.387 e. The molecule has 2 aromatic rings. The summed E-state index contributed by atoms with van der Waals surface area (Å²) in [4.78, 5) is 3.94. The molecule has 0 radical (unpaired) electrons. The maximum atomic E-state index is 10.00. The Bertz CT molecular complexity index is 531. The molecular formula is C15H17BrN2O. The summed E-state index contributed by atoms with van der Waals surface area (Å²) in [6, 6.07) is 9.91. The minimum atomic E-state index is -0.500.